The Balaban J connectivity index is 2.14. The maximum Gasteiger partial charge on any atom is 0.337 e. The van der Waals surface area contributed by atoms with Gasteiger partial charge in [0.1, 0.15) is 0 Å². The molecule has 7 heteroatoms. The van der Waals surface area contributed by atoms with Gasteiger partial charge in [-0.15, -0.1) is 0 Å². The molecule has 180 valence electrons. The average Bonchev–Trinajstić information content (AvgIpc) is 2.78. The number of aryl methyl sites for hydroxylation is 1. The molecule has 0 aliphatic rings. The van der Waals surface area contributed by atoms with Gasteiger partial charge in [-0.25, -0.2) is 4.79 Å². The van der Waals surface area contributed by atoms with Crippen molar-refractivity contribution in [2.45, 2.75) is 39.4 Å². The average molecular weight is 510 g/mol. The number of aliphatic carboxylic acids is 1. The van der Waals surface area contributed by atoms with Crippen molar-refractivity contribution in [1.29, 1.82) is 0 Å². The van der Waals surface area contributed by atoms with E-state index in [1.807, 2.05) is 45.9 Å². The molecule has 4 rings (SSSR count). The minimum Gasteiger partial charge on any atom is -0.479 e. The zero-order valence-electron chi connectivity index (χ0n) is 19.8. The van der Waals surface area contributed by atoms with E-state index >= 15 is 0 Å². The van der Waals surface area contributed by atoms with Crippen molar-refractivity contribution in [2.75, 3.05) is 0 Å². The third-order valence-electron chi connectivity index (χ3n) is 5.62. The minimum absolute atomic E-state index is 0.213. The topological polar surface area (TPSA) is 68.5 Å². The maximum absolute atomic E-state index is 13.0. The van der Waals surface area contributed by atoms with Gasteiger partial charge in [0.05, 0.1) is 11.1 Å². The molecule has 35 heavy (non-hydrogen) atoms. The highest BCUT2D eigenvalue weighted by Gasteiger charge is 2.32. The van der Waals surface area contributed by atoms with Crippen LogP contribution < -0.4 is 5.56 Å². The second kappa shape index (κ2) is 9.50. The van der Waals surface area contributed by atoms with Crippen LogP contribution in [0.2, 0.25) is 10.0 Å². The number of halogens is 2. The molecule has 1 atom stereocenters. The van der Waals surface area contributed by atoms with E-state index in [0.717, 1.165) is 5.56 Å². The smallest absolute Gasteiger partial charge is 0.337 e. The summed E-state index contributed by atoms with van der Waals surface area (Å²) in [5, 5.41) is 12.0. The molecule has 1 heterocycles. The lowest BCUT2D eigenvalue weighted by molar-refractivity contribution is -0.160. The maximum atomic E-state index is 13.0. The van der Waals surface area contributed by atoms with E-state index in [0.29, 0.717) is 43.3 Å². The molecule has 0 amide bonds. The van der Waals surface area contributed by atoms with Gasteiger partial charge in [0.15, 0.2) is 6.10 Å². The van der Waals surface area contributed by atoms with Crippen LogP contribution in [0, 0.1) is 6.92 Å². The van der Waals surface area contributed by atoms with Crippen molar-refractivity contribution in [3.05, 3.63) is 98.3 Å². The molecule has 1 unspecified atom stereocenters. The summed E-state index contributed by atoms with van der Waals surface area (Å²) in [5.41, 5.74) is 3.04. The number of carboxylic acids is 1. The standard InChI is InChI=1S/C28H25Cl2NO4/c1-16-15-22-21(13-14-23(32)31(22)20-11-9-19(30)10-12-20)25(17-5-7-18(29)8-6-17)24(16)26(27(33)34)35-28(2,3)4/h5-15,26H,1-4H3,(H,33,34). The van der Waals surface area contributed by atoms with Crippen molar-refractivity contribution in [1.82, 2.24) is 4.57 Å². The number of carbonyl (C=O) groups is 1. The van der Waals surface area contributed by atoms with Crippen molar-refractivity contribution in [3.63, 3.8) is 0 Å². The summed E-state index contributed by atoms with van der Waals surface area (Å²) in [6.07, 6.45) is -1.22. The number of rotatable bonds is 5. The van der Waals surface area contributed by atoms with Gasteiger partial charge in [0.25, 0.3) is 5.56 Å². The Bertz CT molecular complexity index is 1470. The van der Waals surface area contributed by atoms with Gasteiger partial charge < -0.3 is 9.84 Å². The summed E-state index contributed by atoms with van der Waals surface area (Å²) >= 11 is 12.2. The van der Waals surface area contributed by atoms with E-state index in [4.69, 9.17) is 27.9 Å². The predicted molar refractivity (Wildman–Crippen MR) is 141 cm³/mol. The van der Waals surface area contributed by atoms with Gasteiger partial charge in [-0.05, 0) is 92.9 Å². The van der Waals surface area contributed by atoms with Crippen LogP contribution in [0.5, 0.6) is 0 Å². The molecule has 0 fully saturated rings. The van der Waals surface area contributed by atoms with E-state index in [-0.39, 0.29) is 5.56 Å². The van der Waals surface area contributed by atoms with Gasteiger partial charge >= 0.3 is 5.97 Å². The van der Waals surface area contributed by atoms with Crippen LogP contribution in [0.3, 0.4) is 0 Å². The number of nitrogens with zero attached hydrogens (tertiary/aromatic N) is 1. The van der Waals surface area contributed by atoms with Crippen LogP contribution in [-0.2, 0) is 9.53 Å². The van der Waals surface area contributed by atoms with E-state index in [9.17, 15) is 14.7 Å². The van der Waals surface area contributed by atoms with Crippen molar-refractivity contribution < 1.29 is 14.6 Å². The molecule has 5 nitrogen and oxygen atoms in total. The lowest BCUT2D eigenvalue weighted by Gasteiger charge is -2.29. The number of hydrogen-bond donors (Lipinski definition) is 1. The zero-order valence-corrected chi connectivity index (χ0v) is 21.3. The lowest BCUT2D eigenvalue weighted by atomic mass is 9.88. The fourth-order valence-electron chi connectivity index (χ4n) is 4.24. The van der Waals surface area contributed by atoms with Crippen molar-refractivity contribution >= 4 is 40.1 Å². The van der Waals surface area contributed by atoms with E-state index < -0.39 is 17.7 Å². The van der Waals surface area contributed by atoms with Crippen LogP contribution in [0.15, 0.2) is 71.5 Å². The molecule has 0 aliphatic heterocycles. The molecular weight excluding hydrogens is 485 g/mol. The van der Waals surface area contributed by atoms with Gasteiger partial charge in [-0.2, -0.15) is 0 Å². The molecule has 0 spiro atoms. The van der Waals surface area contributed by atoms with E-state index in [1.165, 1.54) is 6.07 Å². The first-order chi connectivity index (χ1) is 16.5. The summed E-state index contributed by atoms with van der Waals surface area (Å²) in [5.74, 6) is -1.09. The first kappa shape index (κ1) is 25.0. The largest absolute Gasteiger partial charge is 0.479 e. The molecule has 0 saturated heterocycles. The lowest BCUT2D eigenvalue weighted by Crippen LogP contribution is -2.28. The van der Waals surface area contributed by atoms with Gasteiger partial charge in [-0.1, -0.05) is 35.3 Å². The minimum atomic E-state index is -1.22. The Labute approximate surface area is 213 Å². The van der Waals surface area contributed by atoms with Crippen LogP contribution in [0.25, 0.3) is 27.7 Å². The number of fused-ring (bicyclic) bond motifs is 1. The monoisotopic (exact) mass is 509 g/mol. The van der Waals surface area contributed by atoms with Crippen LogP contribution in [-0.4, -0.2) is 21.2 Å². The highest BCUT2D eigenvalue weighted by atomic mass is 35.5. The third-order valence-corrected chi connectivity index (χ3v) is 6.13. The highest BCUT2D eigenvalue weighted by molar-refractivity contribution is 6.31. The molecule has 3 aromatic carbocycles. The molecule has 1 N–H and O–H groups in total. The van der Waals surface area contributed by atoms with E-state index in [1.54, 1.807) is 47.0 Å². The quantitative estimate of drug-likeness (QED) is 0.308. The second-order valence-electron chi connectivity index (χ2n) is 9.35. The number of aromatic nitrogens is 1. The number of carboxylic acid groups (broad SMARTS) is 1. The second-order valence-corrected chi connectivity index (χ2v) is 10.2. The molecular formula is C28H25Cl2NO4. The van der Waals surface area contributed by atoms with Crippen LogP contribution >= 0.6 is 23.2 Å². The highest BCUT2D eigenvalue weighted by Crippen LogP contribution is 2.40. The van der Waals surface area contributed by atoms with Crippen molar-refractivity contribution in [2.24, 2.45) is 0 Å². The van der Waals surface area contributed by atoms with Gasteiger partial charge in [0, 0.05) is 32.7 Å². The summed E-state index contributed by atoms with van der Waals surface area (Å²) in [4.78, 5) is 25.5. The fraction of sp³-hybridized carbons (Fsp3) is 0.214. The van der Waals surface area contributed by atoms with Crippen LogP contribution in [0.1, 0.15) is 38.0 Å². The normalized spacial score (nSPS) is 12.6. The fourth-order valence-corrected chi connectivity index (χ4v) is 4.49. The SMILES string of the molecule is Cc1cc2c(ccc(=O)n2-c2ccc(Cl)cc2)c(-c2ccc(Cl)cc2)c1C(OC(C)(C)C)C(=O)O. The number of pyridine rings is 1. The molecule has 1 aromatic heterocycles. The number of ether oxygens (including phenoxy) is 1. The first-order valence-electron chi connectivity index (χ1n) is 11.1. The Hall–Kier alpha value is -3.12. The predicted octanol–water partition coefficient (Wildman–Crippen LogP) is 7.21. The Morgan fingerprint density at radius 3 is 2.06 bits per heavy atom. The Morgan fingerprint density at radius 2 is 1.51 bits per heavy atom. The van der Waals surface area contributed by atoms with E-state index in [2.05, 4.69) is 0 Å². The Kier molecular flexibility index (Phi) is 6.78. The number of hydrogen-bond acceptors (Lipinski definition) is 3. The Morgan fingerprint density at radius 1 is 0.943 bits per heavy atom. The van der Waals surface area contributed by atoms with Crippen LogP contribution in [0.4, 0.5) is 0 Å². The molecule has 4 aromatic rings. The first-order valence-corrected chi connectivity index (χ1v) is 11.8. The van der Waals surface area contributed by atoms with Crippen molar-refractivity contribution in [3.8, 4) is 16.8 Å². The molecule has 0 saturated carbocycles. The molecule has 0 aliphatic carbocycles. The molecule has 0 radical (unpaired) electrons. The third kappa shape index (κ3) is 5.13. The summed E-state index contributed by atoms with van der Waals surface area (Å²) < 4.78 is 7.64. The summed E-state index contributed by atoms with van der Waals surface area (Å²) in [6, 6.07) is 19.2. The van der Waals surface area contributed by atoms with Gasteiger partial charge in [-0.3, -0.25) is 9.36 Å². The zero-order chi connectivity index (χ0) is 25.5. The summed E-state index contributed by atoms with van der Waals surface area (Å²) in [6.45, 7) is 7.29. The summed E-state index contributed by atoms with van der Waals surface area (Å²) in [7, 11) is 0. The molecule has 0 bridgehead atoms. The van der Waals surface area contributed by atoms with Gasteiger partial charge in [0.2, 0.25) is 0 Å². The number of benzene rings is 3.